The van der Waals surface area contributed by atoms with Gasteiger partial charge in [0.2, 0.25) is 0 Å². The number of fused-ring (bicyclic) bond motifs is 1. The van der Waals surface area contributed by atoms with Crippen LogP contribution in [0.1, 0.15) is 13.8 Å². The van der Waals surface area contributed by atoms with Crippen LogP contribution in [0.4, 0.5) is 0 Å². The van der Waals surface area contributed by atoms with Gasteiger partial charge in [-0.25, -0.2) is 0 Å². The third-order valence-corrected chi connectivity index (χ3v) is 2.64. The summed E-state index contributed by atoms with van der Waals surface area (Å²) in [6, 6.07) is 0. The highest BCUT2D eigenvalue weighted by Crippen LogP contribution is 2.35. The average Bonchev–Trinajstić information content (AvgIpc) is 2.47. The van der Waals surface area contributed by atoms with E-state index in [9.17, 15) is 10.2 Å². The molecule has 15 heavy (non-hydrogen) atoms. The molecule has 0 amide bonds. The molecule has 2 heterocycles. The summed E-state index contributed by atoms with van der Waals surface area (Å²) in [5, 5.41) is 28.3. The van der Waals surface area contributed by atoms with E-state index in [0.29, 0.717) is 0 Å². The van der Waals surface area contributed by atoms with Crippen molar-refractivity contribution in [3.8, 4) is 0 Å². The molecule has 0 spiro atoms. The molecule has 6 nitrogen and oxygen atoms in total. The van der Waals surface area contributed by atoms with E-state index >= 15 is 0 Å². The van der Waals surface area contributed by atoms with Crippen LogP contribution in [0.5, 0.6) is 0 Å². The van der Waals surface area contributed by atoms with Crippen molar-refractivity contribution >= 4 is 0 Å². The summed E-state index contributed by atoms with van der Waals surface area (Å²) in [7, 11) is 0. The van der Waals surface area contributed by atoms with Crippen molar-refractivity contribution in [2.24, 2.45) is 0 Å². The van der Waals surface area contributed by atoms with Crippen LogP contribution in [0.15, 0.2) is 0 Å². The first-order valence-electron chi connectivity index (χ1n) is 4.93. The van der Waals surface area contributed by atoms with Gasteiger partial charge < -0.3 is 29.5 Å². The number of aliphatic hydroxyl groups is 3. The van der Waals surface area contributed by atoms with Crippen molar-refractivity contribution in [1.29, 1.82) is 0 Å². The molecule has 0 bridgehead atoms. The number of ether oxygens (including phenoxy) is 3. The Bertz CT molecular complexity index is 243. The van der Waals surface area contributed by atoms with Crippen LogP contribution in [0, 0.1) is 0 Å². The van der Waals surface area contributed by atoms with Gasteiger partial charge in [-0.3, -0.25) is 0 Å². The summed E-state index contributed by atoms with van der Waals surface area (Å²) >= 11 is 0. The van der Waals surface area contributed by atoms with Crippen molar-refractivity contribution in [2.75, 3.05) is 6.61 Å². The van der Waals surface area contributed by atoms with Gasteiger partial charge in [0.1, 0.15) is 24.4 Å². The molecule has 2 saturated heterocycles. The van der Waals surface area contributed by atoms with E-state index in [4.69, 9.17) is 19.3 Å². The molecule has 0 aromatic heterocycles. The fourth-order valence-electron chi connectivity index (χ4n) is 1.91. The first kappa shape index (κ1) is 11.3. The molecule has 2 rings (SSSR count). The second kappa shape index (κ2) is 3.65. The molecule has 0 aromatic carbocycles. The maximum absolute atomic E-state index is 9.74. The lowest BCUT2D eigenvalue weighted by Gasteiger charge is -2.36. The molecule has 88 valence electrons. The van der Waals surface area contributed by atoms with Gasteiger partial charge >= 0.3 is 0 Å². The largest absolute Gasteiger partial charge is 0.394 e. The molecule has 0 saturated carbocycles. The molecular weight excluding hydrogens is 204 g/mol. The van der Waals surface area contributed by atoms with Gasteiger partial charge in [-0.05, 0) is 13.8 Å². The van der Waals surface area contributed by atoms with E-state index in [2.05, 4.69) is 0 Å². The lowest BCUT2D eigenvalue weighted by atomic mass is 9.99. The molecule has 3 N–H and O–H groups in total. The summed E-state index contributed by atoms with van der Waals surface area (Å²) in [5.41, 5.74) is 0. The van der Waals surface area contributed by atoms with Crippen LogP contribution in [-0.2, 0) is 14.2 Å². The molecule has 5 atom stereocenters. The zero-order valence-corrected chi connectivity index (χ0v) is 8.66. The highest BCUT2D eigenvalue weighted by molar-refractivity contribution is 4.93. The summed E-state index contributed by atoms with van der Waals surface area (Å²) in [5.74, 6) is -0.847. The lowest BCUT2D eigenvalue weighted by Crippen LogP contribution is -2.57. The van der Waals surface area contributed by atoms with E-state index in [1.54, 1.807) is 13.8 Å². The molecule has 2 fully saturated rings. The van der Waals surface area contributed by atoms with Crippen LogP contribution in [-0.4, -0.2) is 58.4 Å². The van der Waals surface area contributed by atoms with Crippen LogP contribution >= 0.6 is 0 Å². The third-order valence-electron chi connectivity index (χ3n) is 2.64. The quantitative estimate of drug-likeness (QED) is 0.502. The standard InChI is InChI=1S/C9H16O6/c1-9(2)14-7-6(12)5(11)4(3-10)13-8(7)15-9/h4-8,10-12H,3H2,1-2H3/t4-,5-,6+,7-,8+/m0/s1. The number of rotatable bonds is 1. The molecular formula is C9H16O6. The van der Waals surface area contributed by atoms with Crippen molar-refractivity contribution in [2.45, 2.75) is 50.3 Å². The molecule has 2 aliphatic heterocycles. The fraction of sp³-hybridized carbons (Fsp3) is 1.00. The highest BCUT2D eigenvalue weighted by atomic mass is 16.8. The molecule has 0 aromatic rings. The Morgan fingerprint density at radius 1 is 1.13 bits per heavy atom. The minimum atomic E-state index is -1.16. The minimum absolute atomic E-state index is 0.370. The van der Waals surface area contributed by atoms with Crippen LogP contribution < -0.4 is 0 Å². The van der Waals surface area contributed by atoms with Crippen molar-refractivity contribution < 1.29 is 29.5 Å². The van der Waals surface area contributed by atoms with E-state index in [1.807, 2.05) is 0 Å². The Kier molecular flexibility index (Phi) is 2.74. The van der Waals surface area contributed by atoms with E-state index in [0.717, 1.165) is 0 Å². The van der Waals surface area contributed by atoms with Gasteiger partial charge in [-0.1, -0.05) is 0 Å². The number of aliphatic hydroxyl groups excluding tert-OH is 3. The Labute approximate surface area is 87.4 Å². The summed E-state index contributed by atoms with van der Waals surface area (Å²) < 4.78 is 16.0. The van der Waals surface area contributed by atoms with Crippen LogP contribution in [0.25, 0.3) is 0 Å². The summed E-state index contributed by atoms with van der Waals surface area (Å²) in [6.45, 7) is 3.02. The third kappa shape index (κ3) is 1.89. The van der Waals surface area contributed by atoms with E-state index in [-0.39, 0.29) is 6.61 Å². The average molecular weight is 220 g/mol. The van der Waals surface area contributed by atoms with Crippen LogP contribution in [0.2, 0.25) is 0 Å². The normalized spacial score (nSPS) is 49.0. The SMILES string of the molecule is CC1(C)O[C@H]2O[C@@H](CO)[C@H](O)[C@@H](O)[C@@H]2O1. The topological polar surface area (TPSA) is 88.4 Å². The van der Waals surface area contributed by atoms with Crippen molar-refractivity contribution in [3.63, 3.8) is 0 Å². The van der Waals surface area contributed by atoms with Crippen molar-refractivity contribution in [1.82, 2.24) is 0 Å². The predicted molar refractivity (Wildman–Crippen MR) is 47.8 cm³/mol. The number of hydrogen-bond acceptors (Lipinski definition) is 6. The minimum Gasteiger partial charge on any atom is -0.394 e. The Morgan fingerprint density at radius 2 is 1.80 bits per heavy atom. The molecule has 0 radical (unpaired) electrons. The highest BCUT2D eigenvalue weighted by Gasteiger charge is 2.53. The predicted octanol–water partition coefficient (Wildman–Crippen LogP) is -1.42. The van der Waals surface area contributed by atoms with Crippen molar-refractivity contribution in [3.05, 3.63) is 0 Å². The Hall–Kier alpha value is -0.240. The van der Waals surface area contributed by atoms with Gasteiger partial charge in [0.15, 0.2) is 12.1 Å². The van der Waals surface area contributed by atoms with Gasteiger partial charge in [0, 0.05) is 0 Å². The number of hydrogen-bond donors (Lipinski definition) is 3. The monoisotopic (exact) mass is 220 g/mol. The van der Waals surface area contributed by atoms with E-state index in [1.165, 1.54) is 0 Å². The molecule has 2 aliphatic rings. The fourth-order valence-corrected chi connectivity index (χ4v) is 1.91. The van der Waals surface area contributed by atoms with Gasteiger partial charge in [-0.2, -0.15) is 0 Å². The Balaban J connectivity index is 2.13. The molecule has 0 aliphatic carbocycles. The molecule has 6 heteroatoms. The summed E-state index contributed by atoms with van der Waals surface area (Å²) in [4.78, 5) is 0. The first-order chi connectivity index (χ1) is 6.94. The van der Waals surface area contributed by atoms with Gasteiger partial charge in [0.05, 0.1) is 6.61 Å². The second-order valence-electron chi connectivity index (χ2n) is 4.31. The lowest BCUT2D eigenvalue weighted by molar-refractivity contribution is -0.256. The van der Waals surface area contributed by atoms with E-state index < -0.39 is 36.5 Å². The zero-order chi connectivity index (χ0) is 11.2. The van der Waals surface area contributed by atoms with Crippen LogP contribution in [0.3, 0.4) is 0 Å². The second-order valence-corrected chi connectivity index (χ2v) is 4.31. The van der Waals surface area contributed by atoms with Gasteiger partial charge in [0.25, 0.3) is 0 Å². The molecule has 0 unspecified atom stereocenters. The first-order valence-corrected chi connectivity index (χ1v) is 4.93. The smallest absolute Gasteiger partial charge is 0.190 e. The maximum Gasteiger partial charge on any atom is 0.190 e. The maximum atomic E-state index is 9.74. The Morgan fingerprint density at radius 3 is 2.40 bits per heavy atom. The van der Waals surface area contributed by atoms with Gasteiger partial charge in [-0.15, -0.1) is 0 Å². The summed E-state index contributed by atoms with van der Waals surface area (Å²) in [6.07, 6.45) is -4.55. The zero-order valence-electron chi connectivity index (χ0n) is 8.66.